The van der Waals surface area contributed by atoms with Crippen LogP contribution in [0.1, 0.15) is 50.4 Å². The molecule has 3 nitrogen and oxygen atoms in total. The van der Waals surface area contributed by atoms with Crippen LogP contribution in [0.25, 0.3) is 0 Å². The van der Waals surface area contributed by atoms with Crippen LogP contribution in [0.4, 0.5) is 0 Å². The maximum atomic E-state index is 12.2. The van der Waals surface area contributed by atoms with E-state index in [4.69, 9.17) is 16.3 Å². The molecule has 1 saturated heterocycles. The Hall–Kier alpha value is -1.06. The summed E-state index contributed by atoms with van der Waals surface area (Å²) in [6.45, 7) is 7.40. The minimum absolute atomic E-state index is 0.105. The topological polar surface area (TPSA) is 30.7 Å². The number of nitrogens with one attached hydrogen (secondary N) is 1. The lowest BCUT2D eigenvalue weighted by atomic mass is 9.97. The Morgan fingerprint density at radius 2 is 1.95 bits per heavy atom. The van der Waals surface area contributed by atoms with Crippen molar-refractivity contribution >= 4 is 17.6 Å². The van der Waals surface area contributed by atoms with Crippen molar-refractivity contribution in [1.29, 1.82) is 0 Å². The number of rotatable bonds is 4. The fraction of sp³-hybridized carbons (Fsp3) is 0.588. The average molecular weight is 311 g/mol. The summed E-state index contributed by atoms with van der Waals surface area (Å²) in [6, 6.07) is 8.29. The van der Waals surface area contributed by atoms with Crippen LogP contribution in [0.2, 0.25) is 5.02 Å². The van der Waals surface area contributed by atoms with Crippen LogP contribution >= 0.6 is 11.6 Å². The van der Waals surface area contributed by atoms with Crippen molar-refractivity contribution in [3.8, 4) is 0 Å². The van der Waals surface area contributed by atoms with Crippen LogP contribution in [-0.4, -0.2) is 30.7 Å². The summed E-state index contributed by atoms with van der Waals surface area (Å²) in [7, 11) is 0. The summed E-state index contributed by atoms with van der Waals surface area (Å²) in [5.74, 6) is -0.329. The second-order valence-corrected chi connectivity index (χ2v) is 6.62. The first-order valence-electron chi connectivity index (χ1n) is 7.80. The molecule has 1 aromatic rings. The number of quaternary nitrogens is 1. The number of halogens is 1. The summed E-state index contributed by atoms with van der Waals surface area (Å²) in [6.07, 6.45) is 3.71. The summed E-state index contributed by atoms with van der Waals surface area (Å²) >= 11 is 6.03. The van der Waals surface area contributed by atoms with Gasteiger partial charge in [-0.3, -0.25) is 0 Å². The Morgan fingerprint density at radius 3 is 2.57 bits per heavy atom. The number of carbonyl (C=O) groups is 1. The van der Waals surface area contributed by atoms with Gasteiger partial charge in [0.15, 0.2) is 0 Å². The highest BCUT2D eigenvalue weighted by molar-refractivity contribution is 6.33. The summed E-state index contributed by atoms with van der Waals surface area (Å²) < 4.78 is 5.57. The highest BCUT2D eigenvalue weighted by Gasteiger charge is 2.30. The Labute approximate surface area is 132 Å². The third kappa shape index (κ3) is 4.21. The van der Waals surface area contributed by atoms with Gasteiger partial charge < -0.3 is 9.64 Å². The first-order chi connectivity index (χ1) is 9.99. The van der Waals surface area contributed by atoms with Crippen molar-refractivity contribution in [1.82, 2.24) is 0 Å². The predicted molar refractivity (Wildman–Crippen MR) is 84.9 cm³/mol. The molecule has 0 aromatic heterocycles. The van der Waals surface area contributed by atoms with Crippen molar-refractivity contribution in [3.05, 3.63) is 34.9 Å². The Kier molecular flexibility index (Phi) is 5.65. The second-order valence-electron chi connectivity index (χ2n) is 6.21. The van der Waals surface area contributed by atoms with E-state index < -0.39 is 0 Å². The van der Waals surface area contributed by atoms with Gasteiger partial charge in [0.05, 0.1) is 22.7 Å². The summed E-state index contributed by atoms with van der Waals surface area (Å²) in [5, 5.41) is 0.446. The van der Waals surface area contributed by atoms with E-state index in [1.54, 1.807) is 23.1 Å². The van der Waals surface area contributed by atoms with Gasteiger partial charge in [0, 0.05) is 0 Å². The van der Waals surface area contributed by atoms with Gasteiger partial charge in [0.2, 0.25) is 0 Å². The quantitative estimate of drug-likeness (QED) is 0.867. The van der Waals surface area contributed by atoms with E-state index in [0.717, 1.165) is 6.54 Å². The number of hydrogen-bond donors (Lipinski definition) is 1. The molecule has 2 rings (SSSR count). The number of likely N-dealkylation sites (tertiary alicyclic amines) is 1. The molecule has 1 aliphatic heterocycles. The van der Waals surface area contributed by atoms with Gasteiger partial charge in [-0.15, -0.1) is 0 Å². The van der Waals surface area contributed by atoms with E-state index in [1.165, 1.54) is 19.3 Å². The zero-order valence-electron chi connectivity index (χ0n) is 13.1. The van der Waals surface area contributed by atoms with Gasteiger partial charge in [-0.05, 0) is 52.2 Å². The van der Waals surface area contributed by atoms with Crippen molar-refractivity contribution < 1.29 is 14.4 Å². The molecule has 0 saturated carbocycles. The first kappa shape index (κ1) is 16.3. The van der Waals surface area contributed by atoms with E-state index in [0.29, 0.717) is 22.7 Å². The van der Waals surface area contributed by atoms with Gasteiger partial charge in [-0.2, -0.15) is 0 Å². The highest BCUT2D eigenvalue weighted by atomic mass is 35.5. The number of piperidine rings is 1. The second kappa shape index (κ2) is 7.28. The fourth-order valence-electron chi connectivity index (χ4n) is 3.24. The summed E-state index contributed by atoms with van der Waals surface area (Å²) in [5.41, 5.74) is 0.445. The lowest BCUT2D eigenvalue weighted by molar-refractivity contribution is -0.953. The van der Waals surface area contributed by atoms with E-state index in [9.17, 15) is 4.79 Å². The SMILES string of the molecule is C[C@H](C[NH+]1[C@H](C)CCC[C@@H]1C)OC(=O)c1ccccc1Cl. The molecule has 1 N–H and O–H groups in total. The average Bonchev–Trinajstić information content (AvgIpc) is 2.43. The summed E-state index contributed by atoms with van der Waals surface area (Å²) in [4.78, 5) is 13.7. The molecule has 1 unspecified atom stereocenters. The number of benzene rings is 1. The Bertz CT molecular complexity index is 481. The molecule has 4 atom stereocenters. The van der Waals surface area contributed by atoms with Crippen LogP contribution in [0.3, 0.4) is 0 Å². The number of hydrogen-bond acceptors (Lipinski definition) is 2. The molecule has 0 amide bonds. The van der Waals surface area contributed by atoms with Gasteiger partial charge in [0.1, 0.15) is 12.6 Å². The lowest BCUT2D eigenvalue weighted by Gasteiger charge is -2.37. The molecule has 0 bridgehead atoms. The van der Waals surface area contributed by atoms with Gasteiger partial charge in [-0.1, -0.05) is 23.7 Å². The highest BCUT2D eigenvalue weighted by Crippen LogP contribution is 2.16. The molecule has 1 aromatic carbocycles. The molecule has 0 spiro atoms. The van der Waals surface area contributed by atoms with E-state index in [1.807, 2.05) is 13.0 Å². The van der Waals surface area contributed by atoms with Gasteiger partial charge in [-0.25, -0.2) is 4.79 Å². The zero-order valence-corrected chi connectivity index (χ0v) is 13.8. The van der Waals surface area contributed by atoms with Crippen LogP contribution in [0.15, 0.2) is 24.3 Å². The number of esters is 1. The largest absolute Gasteiger partial charge is 0.453 e. The van der Waals surface area contributed by atoms with Crippen LogP contribution in [-0.2, 0) is 4.74 Å². The third-order valence-electron chi connectivity index (χ3n) is 4.47. The Morgan fingerprint density at radius 1 is 1.33 bits per heavy atom. The monoisotopic (exact) mass is 310 g/mol. The molecule has 21 heavy (non-hydrogen) atoms. The van der Waals surface area contributed by atoms with Crippen molar-refractivity contribution in [2.24, 2.45) is 0 Å². The molecular weight excluding hydrogens is 286 g/mol. The van der Waals surface area contributed by atoms with Crippen LogP contribution in [0.5, 0.6) is 0 Å². The first-order valence-corrected chi connectivity index (χ1v) is 8.18. The normalized spacial score (nSPS) is 27.1. The Balaban J connectivity index is 1.93. The van der Waals surface area contributed by atoms with Crippen LogP contribution < -0.4 is 4.90 Å². The standard InChI is InChI=1S/C17H24ClNO2/c1-12-7-6-8-13(2)19(12)11-14(3)21-17(20)15-9-4-5-10-16(15)18/h4-5,9-10,12-14H,6-8,11H2,1-3H3/p+1/t12-,13+,14-/m1/s1. The molecular formula is C17H25ClNO2+. The fourth-order valence-corrected chi connectivity index (χ4v) is 3.45. The maximum absolute atomic E-state index is 12.2. The van der Waals surface area contributed by atoms with Crippen molar-refractivity contribution in [2.75, 3.05) is 6.54 Å². The molecule has 116 valence electrons. The molecule has 0 aliphatic carbocycles. The maximum Gasteiger partial charge on any atom is 0.340 e. The molecule has 4 heteroatoms. The molecule has 1 fully saturated rings. The third-order valence-corrected chi connectivity index (χ3v) is 4.79. The van der Waals surface area contributed by atoms with Gasteiger partial charge >= 0.3 is 5.97 Å². The number of ether oxygens (including phenoxy) is 1. The minimum Gasteiger partial charge on any atom is -0.453 e. The van der Waals surface area contributed by atoms with Crippen LogP contribution in [0, 0.1) is 0 Å². The van der Waals surface area contributed by atoms with Crippen molar-refractivity contribution in [3.63, 3.8) is 0 Å². The molecule has 0 radical (unpaired) electrons. The van der Waals surface area contributed by atoms with E-state index >= 15 is 0 Å². The molecule has 1 heterocycles. The molecule has 1 aliphatic rings. The van der Waals surface area contributed by atoms with E-state index in [-0.39, 0.29) is 12.1 Å². The van der Waals surface area contributed by atoms with Crippen molar-refractivity contribution in [2.45, 2.75) is 58.2 Å². The van der Waals surface area contributed by atoms with E-state index in [2.05, 4.69) is 13.8 Å². The lowest BCUT2D eigenvalue weighted by Crippen LogP contribution is -3.20. The minimum atomic E-state index is -0.329. The number of carbonyl (C=O) groups excluding carboxylic acids is 1. The predicted octanol–water partition coefficient (Wildman–Crippen LogP) is 2.73. The zero-order chi connectivity index (χ0) is 15.4. The smallest absolute Gasteiger partial charge is 0.340 e. The van der Waals surface area contributed by atoms with Gasteiger partial charge in [0.25, 0.3) is 0 Å².